The molecule has 2 saturated heterocycles. The second-order valence-electron chi connectivity index (χ2n) is 13.3. The molecule has 2 N–H and O–H groups in total. The first-order valence-electron chi connectivity index (χ1n) is 13.4. The van der Waals surface area contributed by atoms with Crippen LogP contribution in [0.15, 0.2) is 0 Å². The Bertz CT molecular complexity index is 667. The van der Waals surface area contributed by atoms with E-state index in [4.69, 9.17) is 0 Å². The van der Waals surface area contributed by atoms with E-state index in [1.54, 1.807) is 0 Å². The molecule has 0 aromatic rings. The van der Waals surface area contributed by atoms with Gasteiger partial charge in [0.15, 0.2) is 0 Å². The molecule has 13 atom stereocenters. The third kappa shape index (κ3) is 2.93. The fourth-order valence-corrected chi connectivity index (χ4v) is 10.6. The van der Waals surface area contributed by atoms with Crippen LogP contribution in [0, 0.1) is 58.7 Å². The Morgan fingerprint density at radius 2 is 1.60 bits per heavy atom. The molecule has 4 aliphatic carbocycles. The van der Waals surface area contributed by atoms with Crippen molar-refractivity contribution in [2.45, 2.75) is 96.8 Å². The summed E-state index contributed by atoms with van der Waals surface area (Å²) in [4.78, 5) is 2.92. The van der Waals surface area contributed by atoms with Gasteiger partial charge >= 0.3 is 0 Å². The number of piperidine rings is 2. The summed E-state index contributed by atoms with van der Waals surface area (Å²) in [7, 11) is 0. The molecule has 170 valence electrons. The van der Waals surface area contributed by atoms with E-state index in [-0.39, 0.29) is 17.6 Å². The van der Waals surface area contributed by atoms with Crippen molar-refractivity contribution in [3.8, 4) is 0 Å². The van der Waals surface area contributed by atoms with Crippen LogP contribution >= 0.6 is 0 Å². The predicted octanol–water partition coefficient (Wildman–Crippen LogP) is 4.56. The first kappa shape index (κ1) is 20.5. The Hall–Kier alpha value is -0.120. The number of rotatable bonds is 0. The monoisotopic (exact) mass is 415 g/mol. The van der Waals surface area contributed by atoms with Gasteiger partial charge in [0.05, 0.1) is 12.2 Å². The topological polar surface area (TPSA) is 43.7 Å². The van der Waals surface area contributed by atoms with Gasteiger partial charge in [-0.15, -0.1) is 0 Å². The molecule has 30 heavy (non-hydrogen) atoms. The van der Waals surface area contributed by atoms with E-state index < -0.39 is 0 Å². The van der Waals surface area contributed by atoms with Crippen molar-refractivity contribution in [1.82, 2.24) is 4.90 Å². The number of fused-ring (bicyclic) bond motifs is 8. The highest BCUT2D eigenvalue weighted by molar-refractivity contribution is 5.11. The Kier molecular flexibility index (Phi) is 4.91. The molecule has 0 spiro atoms. The summed E-state index contributed by atoms with van der Waals surface area (Å²) < 4.78 is 0. The number of nitrogens with zero attached hydrogens (tertiary/aromatic N) is 1. The van der Waals surface area contributed by atoms with Crippen LogP contribution in [0.25, 0.3) is 0 Å². The van der Waals surface area contributed by atoms with Crippen molar-refractivity contribution in [1.29, 1.82) is 0 Å². The molecule has 0 bridgehead atoms. The molecule has 2 heterocycles. The Labute approximate surface area is 184 Å². The molecule has 6 fully saturated rings. The van der Waals surface area contributed by atoms with Crippen molar-refractivity contribution >= 4 is 0 Å². The zero-order valence-corrected chi connectivity index (χ0v) is 19.5. The minimum Gasteiger partial charge on any atom is -0.393 e. The van der Waals surface area contributed by atoms with E-state index in [2.05, 4.69) is 25.7 Å². The summed E-state index contributed by atoms with van der Waals surface area (Å²) >= 11 is 0. The molecule has 0 aromatic carbocycles. The lowest BCUT2D eigenvalue weighted by Crippen LogP contribution is -2.57. The lowest BCUT2D eigenvalue weighted by atomic mass is 9.51. The van der Waals surface area contributed by atoms with Crippen molar-refractivity contribution in [3.63, 3.8) is 0 Å². The molecule has 6 aliphatic rings. The summed E-state index contributed by atoms with van der Waals surface area (Å²) in [6.07, 6.45) is 10.8. The number of hydrogen-bond donors (Lipinski definition) is 2. The van der Waals surface area contributed by atoms with Gasteiger partial charge in [0.2, 0.25) is 0 Å². The summed E-state index contributed by atoms with van der Waals surface area (Å²) in [5.41, 5.74) is 0.264. The van der Waals surface area contributed by atoms with Gasteiger partial charge in [-0.05, 0) is 116 Å². The highest BCUT2D eigenvalue weighted by Gasteiger charge is 2.62. The second kappa shape index (κ2) is 7.19. The molecular weight excluding hydrogens is 370 g/mol. The number of aliphatic hydroxyl groups excluding tert-OH is 2. The smallest absolute Gasteiger partial charge is 0.0577 e. The van der Waals surface area contributed by atoms with E-state index in [0.717, 1.165) is 79.1 Å². The zero-order chi connectivity index (χ0) is 20.8. The van der Waals surface area contributed by atoms with Crippen molar-refractivity contribution < 1.29 is 10.2 Å². The minimum absolute atomic E-state index is 0.179. The van der Waals surface area contributed by atoms with Gasteiger partial charge in [0.25, 0.3) is 0 Å². The SMILES string of the molecule is CC1CC(C)C2CC3CCC4C(CC5C4CC(O)C4CC(O)CCC45C)C3CN2C1. The fraction of sp³-hybridized carbons (Fsp3) is 1.00. The maximum Gasteiger partial charge on any atom is 0.0577 e. The molecule has 0 aromatic heterocycles. The second-order valence-corrected chi connectivity index (χ2v) is 13.3. The van der Waals surface area contributed by atoms with E-state index >= 15 is 0 Å². The Morgan fingerprint density at radius 3 is 2.43 bits per heavy atom. The average Bonchev–Trinajstić information content (AvgIpc) is 3.08. The van der Waals surface area contributed by atoms with Gasteiger partial charge in [-0.1, -0.05) is 20.8 Å². The van der Waals surface area contributed by atoms with Crippen LogP contribution < -0.4 is 0 Å². The van der Waals surface area contributed by atoms with Crippen molar-refractivity contribution in [2.24, 2.45) is 58.7 Å². The molecule has 6 rings (SSSR count). The molecule has 0 amide bonds. The van der Waals surface area contributed by atoms with E-state index in [0.29, 0.717) is 5.92 Å². The molecule has 2 aliphatic heterocycles. The van der Waals surface area contributed by atoms with Gasteiger partial charge in [-0.2, -0.15) is 0 Å². The molecular formula is C27H45NO2. The molecule has 3 nitrogen and oxygen atoms in total. The zero-order valence-electron chi connectivity index (χ0n) is 19.5. The van der Waals surface area contributed by atoms with Gasteiger partial charge in [-0.3, -0.25) is 4.90 Å². The van der Waals surface area contributed by atoms with Crippen molar-refractivity contribution in [2.75, 3.05) is 13.1 Å². The largest absolute Gasteiger partial charge is 0.393 e. The van der Waals surface area contributed by atoms with Crippen LogP contribution in [-0.2, 0) is 0 Å². The van der Waals surface area contributed by atoms with Crippen LogP contribution in [0.5, 0.6) is 0 Å². The van der Waals surface area contributed by atoms with Gasteiger partial charge in [0.1, 0.15) is 0 Å². The van der Waals surface area contributed by atoms with E-state index in [9.17, 15) is 10.2 Å². The van der Waals surface area contributed by atoms with Gasteiger partial charge in [-0.25, -0.2) is 0 Å². The van der Waals surface area contributed by atoms with Crippen LogP contribution in [0.4, 0.5) is 0 Å². The molecule has 0 radical (unpaired) electrons. The lowest BCUT2D eigenvalue weighted by Gasteiger charge is -2.56. The molecule has 4 saturated carbocycles. The predicted molar refractivity (Wildman–Crippen MR) is 120 cm³/mol. The highest BCUT2D eigenvalue weighted by atomic mass is 16.3. The first-order chi connectivity index (χ1) is 14.3. The summed E-state index contributed by atoms with van der Waals surface area (Å²) in [6.45, 7) is 10.2. The number of aliphatic hydroxyl groups is 2. The lowest BCUT2D eigenvalue weighted by molar-refractivity contribution is -0.129. The van der Waals surface area contributed by atoms with Crippen LogP contribution in [0.2, 0.25) is 0 Å². The quantitative estimate of drug-likeness (QED) is 0.609. The third-order valence-electron chi connectivity index (χ3n) is 11.8. The van der Waals surface area contributed by atoms with Crippen LogP contribution in [0.1, 0.15) is 78.6 Å². The molecule has 3 heteroatoms. The summed E-state index contributed by atoms with van der Waals surface area (Å²) in [6, 6.07) is 0.853. The summed E-state index contributed by atoms with van der Waals surface area (Å²) in [5, 5.41) is 21.5. The number of hydrogen-bond acceptors (Lipinski definition) is 3. The fourth-order valence-electron chi connectivity index (χ4n) is 10.6. The Morgan fingerprint density at radius 1 is 0.767 bits per heavy atom. The van der Waals surface area contributed by atoms with Crippen molar-refractivity contribution in [3.05, 3.63) is 0 Å². The molecule has 13 unspecified atom stereocenters. The minimum atomic E-state index is -0.180. The van der Waals surface area contributed by atoms with Crippen LogP contribution in [-0.4, -0.2) is 46.5 Å². The summed E-state index contributed by atoms with van der Waals surface area (Å²) in [5.74, 6) is 7.26. The van der Waals surface area contributed by atoms with E-state index in [1.165, 1.54) is 45.2 Å². The third-order valence-corrected chi connectivity index (χ3v) is 11.8. The maximum atomic E-state index is 11.2. The normalized spacial score (nSPS) is 60.7. The average molecular weight is 416 g/mol. The van der Waals surface area contributed by atoms with Gasteiger partial charge in [0, 0.05) is 19.1 Å². The first-order valence-corrected chi connectivity index (χ1v) is 13.4. The Balaban J connectivity index is 1.26. The standard InChI is InChI=1S/C27H45NO2/c1-15-8-16(2)25-9-17-4-5-19-20(22(17)14-28(25)13-15)11-23-21(19)12-26(30)24-10-18(29)6-7-27(23,24)3/h15-26,29-30H,4-14H2,1-3H3. The highest BCUT2D eigenvalue weighted by Crippen LogP contribution is 2.66. The maximum absolute atomic E-state index is 11.2. The van der Waals surface area contributed by atoms with Crippen LogP contribution in [0.3, 0.4) is 0 Å². The van der Waals surface area contributed by atoms with E-state index in [1.807, 2.05) is 0 Å². The van der Waals surface area contributed by atoms with Gasteiger partial charge < -0.3 is 10.2 Å².